The zero-order valence-corrected chi connectivity index (χ0v) is 11.9. The molecule has 0 N–H and O–H groups in total. The Hall–Kier alpha value is -1.04. The Morgan fingerprint density at radius 3 is 1.72 bits per heavy atom. The second-order valence-corrected chi connectivity index (χ2v) is 5.81. The lowest BCUT2D eigenvalue weighted by Crippen LogP contribution is -1.93. The smallest absolute Gasteiger partial charge is 0.00148 e. The molecule has 0 aliphatic heterocycles. The topological polar surface area (TPSA) is 0 Å². The normalized spacial score (nSPS) is 30.4. The highest BCUT2D eigenvalue weighted by Crippen LogP contribution is 2.44. The van der Waals surface area contributed by atoms with Crippen molar-refractivity contribution < 1.29 is 0 Å². The Bertz CT molecular complexity index is 349. The fraction of sp³-hybridized carbons (Fsp3) is 0.556. The van der Waals surface area contributed by atoms with Crippen LogP contribution in [0, 0.1) is 11.8 Å². The van der Waals surface area contributed by atoms with Crippen LogP contribution in [-0.2, 0) is 0 Å². The highest BCUT2D eigenvalue weighted by Gasteiger charge is 2.30. The molecule has 1 saturated carbocycles. The van der Waals surface area contributed by atoms with Crippen molar-refractivity contribution in [1.29, 1.82) is 0 Å². The third-order valence-electron chi connectivity index (χ3n) is 4.08. The average Bonchev–Trinajstić information content (AvgIpc) is 2.90. The third-order valence-corrected chi connectivity index (χ3v) is 4.08. The second-order valence-electron chi connectivity index (χ2n) is 5.81. The maximum atomic E-state index is 2.39. The first-order valence-electron chi connectivity index (χ1n) is 7.42. The molecule has 98 valence electrons. The van der Waals surface area contributed by atoms with Gasteiger partial charge in [-0.3, -0.25) is 0 Å². The molecule has 0 amide bonds. The van der Waals surface area contributed by atoms with Gasteiger partial charge in [-0.25, -0.2) is 0 Å². The number of hydrogen-bond acceptors (Lipinski definition) is 0. The fourth-order valence-electron chi connectivity index (χ4n) is 3.05. The molecule has 0 nitrogen and oxygen atoms in total. The summed E-state index contributed by atoms with van der Waals surface area (Å²) in [5, 5.41) is 0. The molecule has 2 atom stereocenters. The summed E-state index contributed by atoms with van der Waals surface area (Å²) in [6.07, 6.45) is 21.5. The summed E-state index contributed by atoms with van der Waals surface area (Å²) in [7, 11) is 0. The summed E-state index contributed by atoms with van der Waals surface area (Å²) in [6.45, 7) is 4.48. The van der Waals surface area contributed by atoms with E-state index in [1.165, 1.54) is 38.5 Å². The van der Waals surface area contributed by atoms with Gasteiger partial charge in [0.15, 0.2) is 0 Å². The molecule has 2 bridgehead atoms. The SMILES string of the molecule is C1=CCC/C=C\CC1.CC(C)=C1CC2C=CC1C2. The van der Waals surface area contributed by atoms with Crippen LogP contribution >= 0.6 is 0 Å². The summed E-state index contributed by atoms with van der Waals surface area (Å²) < 4.78 is 0. The van der Waals surface area contributed by atoms with Crippen LogP contribution in [-0.4, -0.2) is 0 Å². The van der Waals surface area contributed by atoms with E-state index in [1.54, 1.807) is 11.1 Å². The number of fused-ring (bicyclic) bond motifs is 2. The number of allylic oxidation sites excluding steroid dienone is 8. The third kappa shape index (κ3) is 3.73. The van der Waals surface area contributed by atoms with E-state index in [1.807, 2.05) is 0 Å². The molecule has 0 heteroatoms. The Labute approximate surface area is 112 Å². The van der Waals surface area contributed by atoms with E-state index in [0.29, 0.717) is 0 Å². The van der Waals surface area contributed by atoms with Gasteiger partial charge >= 0.3 is 0 Å². The molecule has 0 saturated heterocycles. The predicted octanol–water partition coefficient (Wildman–Crippen LogP) is 5.59. The molecular formula is C18H26. The molecule has 3 aliphatic rings. The fourth-order valence-corrected chi connectivity index (χ4v) is 3.05. The van der Waals surface area contributed by atoms with Crippen LogP contribution in [0.3, 0.4) is 0 Å². The Morgan fingerprint density at radius 1 is 0.889 bits per heavy atom. The van der Waals surface area contributed by atoms with Gasteiger partial charge in [0, 0.05) is 0 Å². The van der Waals surface area contributed by atoms with Gasteiger partial charge in [-0.05, 0) is 64.2 Å². The zero-order valence-electron chi connectivity index (χ0n) is 11.9. The summed E-state index contributed by atoms with van der Waals surface area (Å²) in [5.41, 5.74) is 3.27. The van der Waals surface area contributed by atoms with Crippen molar-refractivity contribution in [3.05, 3.63) is 47.6 Å². The van der Waals surface area contributed by atoms with E-state index in [4.69, 9.17) is 0 Å². The van der Waals surface area contributed by atoms with Gasteiger partial charge in [0.1, 0.15) is 0 Å². The minimum Gasteiger partial charge on any atom is -0.0882 e. The molecule has 0 aromatic carbocycles. The highest BCUT2D eigenvalue weighted by atomic mass is 14.4. The Kier molecular flexibility index (Phi) is 5.04. The minimum atomic E-state index is 0.829. The lowest BCUT2D eigenvalue weighted by molar-refractivity contribution is 0.693. The average molecular weight is 242 g/mol. The maximum Gasteiger partial charge on any atom is -0.00148 e. The largest absolute Gasteiger partial charge is 0.0882 e. The molecule has 18 heavy (non-hydrogen) atoms. The minimum absolute atomic E-state index is 0.829. The molecule has 0 aromatic heterocycles. The van der Waals surface area contributed by atoms with Crippen molar-refractivity contribution in [2.75, 3.05) is 0 Å². The quantitative estimate of drug-likeness (QED) is 0.486. The Morgan fingerprint density at radius 2 is 1.44 bits per heavy atom. The van der Waals surface area contributed by atoms with Crippen molar-refractivity contribution in [2.45, 2.75) is 52.4 Å². The molecule has 0 heterocycles. The molecule has 0 radical (unpaired) electrons. The predicted molar refractivity (Wildman–Crippen MR) is 80.5 cm³/mol. The molecule has 1 fully saturated rings. The first-order chi connectivity index (χ1) is 8.77. The van der Waals surface area contributed by atoms with Crippen molar-refractivity contribution in [3.63, 3.8) is 0 Å². The monoisotopic (exact) mass is 242 g/mol. The van der Waals surface area contributed by atoms with Gasteiger partial charge in [0.05, 0.1) is 0 Å². The van der Waals surface area contributed by atoms with Gasteiger partial charge in [0.25, 0.3) is 0 Å². The molecule has 3 aliphatic carbocycles. The maximum absolute atomic E-state index is 2.39. The van der Waals surface area contributed by atoms with Gasteiger partial charge < -0.3 is 0 Å². The van der Waals surface area contributed by atoms with E-state index >= 15 is 0 Å². The van der Waals surface area contributed by atoms with Crippen LogP contribution in [0.25, 0.3) is 0 Å². The standard InChI is InChI=1S/C10H14.C8H12/c1-7(2)10-6-8-3-4-9(10)5-8;1-2-4-6-8-7-5-3-1/h3-4,8-9H,5-6H2,1-2H3;1-2,7-8H,3-6H2/b;2-1-,8-7?. The van der Waals surface area contributed by atoms with Gasteiger partial charge in [-0.2, -0.15) is 0 Å². The number of hydrogen-bond donors (Lipinski definition) is 0. The molecule has 0 spiro atoms. The van der Waals surface area contributed by atoms with Crippen LogP contribution < -0.4 is 0 Å². The van der Waals surface area contributed by atoms with Crippen LogP contribution in [0.1, 0.15) is 52.4 Å². The lowest BCUT2D eigenvalue weighted by Gasteiger charge is -2.09. The first kappa shape index (κ1) is 13.4. The summed E-state index contributed by atoms with van der Waals surface area (Å²) in [5.74, 6) is 1.73. The van der Waals surface area contributed by atoms with Gasteiger partial charge in [0.2, 0.25) is 0 Å². The van der Waals surface area contributed by atoms with Gasteiger partial charge in [-0.1, -0.05) is 47.6 Å². The Balaban J connectivity index is 0.000000138. The van der Waals surface area contributed by atoms with Crippen LogP contribution in [0.4, 0.5) is 0 Å². The van der Waals surface area contributed by atoms with E-state index in [2.05, 4.69) is 50.3 Å². The van der Waals surface area contributed by atoms with Crippen molar-refractivity contribution in [2.24, 2.45) is 11.8 Å². The first-order valence-corrected chi connectivity index (χ1v) is 7.42. The van der Waals surface area contributed by atoms with E-state index in [0.717, 1.165) is 11.8 Å². The van der Waals surface area contributed by atoms with Crippen LogP contribution in [0.2, 0.25) is 0 Å². The van der Waals surface area contributed by atoms with Gasteiger partial charge in [-0.15, -0.1) is 0 Å². The molecule has 3 rings (SSSR count). The van der Waals surface area contributed by atoms with Crippen LogP contribution in [0.15, 0.2) is 47.6 Å². The van der Waals surface area contributed by atoms with Crippen molar-refractivity contribution in [1.82, 2.24) is 0 Å². The van der Waals surface area contributed by atoms with E-state index in [-0.39, 0.29) is 0 Å². The van der Waals surface area contributed by atoms with E-state index < -0.39 is 0 Å². The molecular weight excluding hydrogens is 216 g/mol. The van der Waals surface area contributed by atoms with E-state index in [9.17, 15) is 0 Å². The lowest BCUT2D eigenvalue weighted by atomic mass is 9.97. The van der Waals surface area contributed by atoms with Crippen LogP contribution in [0.5, 0.6) is 0 Å². The zero-order chi connectivity index (χ0) is 12.8. The number of rotatable bonds is 0. The summed E-state index contributed by atoms with van der Waals surface area (Å²) in [6, 6.07) is 0. The summed E-state index contributed by atoms with van der Waals surface area (Å²) >= 11 is 0. The second kappa shape index (κ2) is 6.78. The molecule has 0 aromatic rings. The highest BCUT2D eigenvalue weighted by molar-refractivity contribution is 5.29. The molecule has 2 unspecified atom stereocenters. The van der Waals surface area contributed by atoms with Crippen molar-refractivity contribution in [3.8, 4) is 0 Å². The summed E-state index contributed by atoms with van der Waals surface area (Å²) in [4.78, 5) is 0. The van der Waals surface area contributed by atoms with Crippen molar-refractivity contribution >= 4 is 0 Å².